The summed E-state index contributed by atoms with van der Waals surface area (Å²) in [4.78, 5) is 7.18. The van der Waals surface area contributed by atoms with Crippen molar-refractivity contribution in [1.29, 1.82) is 0 Å². The quantitative estimate of drug-likeness (QED) is 0.941. The lowest BCUT2D eigenvalue weighted by Gasteiger charge is -2.35. The molecule has 2 aromatic rings. The Morgan fingerprint density at radius 1 is 1.13 bits per heavy atom. The maximum atomic E-state index is 5.57. The van der Waals surface area contributed by atoms with Gasteiger partial charge in [0.2, 0.25) is 6.79 Å². The van der Waals surface area contributed by atoms with E-state index in [1.165, 1.54) is 11.1 Å². The van der Waals surface area contributed by atoms with Crippen molar-refractivity contribution >= 4 is 0 Å². The highest BCUT2D eigenvalue weighted by Gasteiger charge is 2.27. The molecule has 5 nitrogen and oxygen atoms in total. The Labute approximate surface area is 136 Å². The van der Waals surface area contributed by atoms with E-state index in [0.29, 0.717) is 6.79 Å². The van der Waals surface area contributed by atoms with Crippen LogP contribution in [0.2, 0.25) is 0 Å². The van der Waals surface area contributed by atoms with Crippen molar-refractivity contribution in [3.8, 4) is 11.5 Å². The third kappa shape index (κ3) is 2.78. The molecule has 2 aliphatic heterocycles. The van der Waals surface area contributed by atoms with Gasteiger partial charge in [-0.1, -0.05) is 12.1 Å². The van der Waals surface area contributed by atoms with Crippen molar-refractivity contribution in [2.75, 3.05) is 33.0 Å². The second-order valence-corrected chi connectivity index (χ2v) is 6.01. The lowest BCUT2D eigenvalue weighted by molar-refractivity contribution is 0.173. The topological polar surface area (TPSA) is 46.6 Å². The highest BCUT2D eigenvalue weighted by Crippen LogP contribution is 2.37. The molecule has 1 atom stereocenters. The summed E-state index contributed by atoms with van der Waals surface area (Å²) in [6.45, 7) is 6.47. The fraction of sp³-hybridized carbons (Fsp3) is 0.389. The second kappa shape index (κ2) is 6.18. The van der Waals surface area contributed by atoms with Crippen molar-refractivity contribution in [3.63, 3.8) is 0 Å². The van der Waals surface area contributed by atoms with Crippen LogP contribution in [0.25, 0.3) is 0 Å². The molecule has 1 N–H and O–H groups in total. The summed E-state index contributed by atoms with van der Waals surface area (Å²) in [5, 5.41) is 3.42. The molecule has 3 heterocycles. The Bertz CT molecular complexity index is 698. The molecule has 0 aliphatic carbocycles. The van der Waals surface area contributed by atoms with Crippen LogP contribution in [-0.2, 0) is 0 Å². The van der Waals surface area contributed by atoms with Gasteiger partial charge in [0, 0.05) is 32.4 Å². The molecule has 5 heteroatoms. The lowest BCUT2D eigenvalue weighted by Crippen LogP contribution is -2.45. The Morgan fingerprint density at radius 3 is 2.78 bits per heavy atom. The molecule has 0 bridgehead atoms. The minimum Gasteiger partial charge on any atom is -0.454 e. The molecule has 1 saturated heterocycles. The normalized spacial score (nSPS) is 18.8. The molecule has 4 rings (SSSR count). The number of hydrogen-bond donors (Lipinski definition) is 1. The van der Waals surface area contributed by atoms with Gasteiger partial charge in [-0.3, -0.25) is 9.88 Å². The van der Waals surface area contributed by atoms with Crippen LogP contribution in [0.5, 0.6) is 11.5 Å². The highest BCUT2D eigenvalue weighted by atomic mass is 16.7. The number of benzene rings is 1. The van der Waals surface area contributed by atoms with Crippen LogP contribution in [0.4, 0.5) is 0 Å². The minimum atomic E-state index is 0.146. The summed E-state index contributed by atoms with van der Waals surface area (Å²) >= 11 is 0. The highest BCUT2D eigenvalue weighted by molar-refractivity contribution is 5.47. The van der Waals surface area contributed by atoms with Gasteiger partial charge in [0.15, 0.2) is 11.5 Å². The van der Waals surface area contributed by atoms with Gasteiger partial charge < -0.3 is 14.8 Å². The molecule has 1 aromatic carbocycles. The summed E-state index contributed by atoms with van der Waals surface area (Å²) in [6.07, 6.45) is 1.88. The monoisotopic (exact) mass is 311 g/mol. The number of nitrogens with one attached hydrogen (secondary N) is 1. The number of aromatic nitrogens is 1. The molecule has 120 valence electrons. The van der Waals surface area contributed by atoms with Gasteiger partial charge in [0.25, 0.3) is 0 Å². The van der Waals surface area contributed by atoms with Crippen LogP contribution in [0.3, 0.4) is 0 Å². The molecule has 1 unspecified atom stereocenters. The number of pyridine rings is 1. The van der Waals surface area contributed by atoms with Crippen molar-refractivity contribution in [3.05, 3.63) is 53.3 Å². The van der Waals surface area contributed by atoms with Crippen LogP contribution < -0.4 is 14.8 Å². The van der Waals surface area contributed by atoms with Gasteiger partial charge in [-0.05, 0) is 36.2 Å². The zero-order valence-electron chi connectivity index (χ0n) is 13.3. The lowest BCUT2D eigenvalue weighted by atomic mass is 9.97. The molecule has 0 radical (unpaired) electrons. The molecule has 1 aromatic heterocycles. The molecular formula is C18H21N3O2. The Hall–Kier alpha value is -2.11. The zero-order chi connectivity index (χ0) is 15.6. The molecule has 0 saturated carbocycles. The number of aryl methyl sites for hydroxylation is 1. The fourth-order valence-electron chi connectivity index (χ4n) is 3.35. The summed E-state index contributed by atoms with van der Waals surface area (Å²) in [7, 11) is 0. The van der Waals surface area contributed by atoms with Gasteiger partial charge in [-0.2, -0.15) is 0 Å². The number of hydrogen-bond acceptors (Lipinski definition) is 5. The number of nitrogens with zero attached hydrogens (tertiary/aromatic N) is 2. The summed E-state index contributed by atoms with van der Waals surface area (Å²) in [5.74, 6) is 1.65. The maximum Gasteiger partial charge on any atom is 0.231 e. The predicted octanol–water partition coefficient (Wildman–Crippen LogP) is 2.11. The molecule has 0 amide bonds. The smallest absolute Gasteiger partial charge is 0.231 e. The van der Waals surface area contributed by atoms with E-state index in [9.17, 15) is 0 Å². The first-order valence-electron chi connectivity index (χ1n) is 8.09. The van der Waals surface area contributed by atoms with E-state index >= 15 is 0 Å². The molecular weight excluding hydrogens is 290 g/mol. The number of ether oxygens (including phenoxy) is 2. The van der Waals surface area contributed by atoms with Crippen molar-refractivity contribution < 1.29 is 9.47 Å². The zero-order valence-corrected chi connectivity index (χ0v) is 13.3. The Kier molecular flexibility index (Phi) is 3.89. The Morgan fingerprint density at radius 2 is 1.96 bits per heavy atom. The van der Waals surface area contributed by atoms with E-state index in [0.717, 1.165) is 43.4 Å². The third-order valence-corrected chi connectivity index (χ3v) is 4.54. The summed E-state index contributed by atoms with van der Waals surface area (Å²) < 4.78 is 11.0. The van der Waals surface area contributed by atoms with Gasteiger partial charge >= 0.3 is 0 Å². The molecule has 23 heavy (non-hydrogen) atoms. The largest absolute Gasteiger partial charge is 0.454 e. The molecule has 2 aliphatic rings. The Balaban J connectivity index is 1.77. The van der Waals surface area contributed by atoms with Gasteiger partial charge in [0.05, 0.1) is 11.7 Å². The van der Waals surface area contributed by atoms with Gasteiger partial charge in [0.1, 0.15) is 0 Å². The van der Waals surface area contributed by atoms with E-state index in [2.05, 4.69) is 40.3 Å². The van der Waals surface area contributed by atoms with Crippen LogP contribution in [-0.4, -0.2) is 42.9 Å². The van der Waals surface area contributed by atoms with Crippen LogP contribution >= 0.6 is 0 Å². The number of fused-ring (bicyclic) bond motifs is 1. The minimum absolute atomic E-state index is 0.146. The van der Waals surface area contributed by atoms with E-state index < -0.39 is 0 Å². The number of piperazine rings is 1. The summed E-state index contributed by atoms with van der Waals surface area (Å²) in [6, 6.07) is 10.5. The van der Waals surface area contributed by atoms with E-state index in [1.807, 2.05) is 18.3 Å². The first-order valence-corrected chi connectivity index (χ1v) is 8.09. The van der Waals surface area contributed by atoms with Gasteiger partial charge in [-0.25, -0.2) is 0 Å². The van der Waals surface area contributed by atoms with E-state index in [4.69, 9.17) is 9.47 Å². The first kappa shape index (κ1) is 14.5. The predicted molar refractivity (Wildman–Crippen MR) is 87.8 cm³/mol. The third-order valence-electron chi connectivity index (χ3n) is 4.54. The fourth-order valence-corrected chi connectivity index (χ4v) is 3.35. The van der Waals surface area contributed by atoms with E-state index in [1.54, 1.807) is 0 Å². The standard InChI is InChI=1S/C18H21N3O2/c1-13-3-2-6-20-17(13)18(21-9-7-19-8-10-21)14-4-5-15-16(11-14)23-12-22-15/h2-6,11,18-19H,7-10,12H2,1H3. The molecule has 1 fully saturated rings. The first-order chi connectivity index (χ1) is 11.3. The maximum absolute atomic E-state index is 5.57. The van der Waals surface area contributed by atoms with Crippen molar-refractivity contribution in [2.45, 2.75) is 13.0 Å². The molecule has 0 spiro atoms. The average Bonchev–Trinajstić information content (AvgIpc) is 3.06. The van der Waals surface area contributed by atoms with Crippen molar-refractivity contribution in [1.82, 2.24) is 15.2 Å². The van der Waals surface area contributed by atoms with Crippen molar-refractivity contribution in [2.24, 2.45) is 0 Å². The van der Waals surface area contributed by atoms with Crippen LogP contribution in [0.15, 0.2) is 36.5 Å². The summed E-state index contributed by atoms with van der Waals surface area (Å²) in [5.41, 5.74) is 3.54. The van der Waals surface area contributed by atoms with E-state index in [-0.39, 0.29) is 6.04 Å². The SMILES string of the molecule is Cc1cccnc1C(c1ccc2c(c1)OCO2)N1CCNCC1. The average molecular weight is 311 g/mol. The number of rotatable bonds is 3. The van der Waals surface area contributed by atoms with Crippen LogP contribution in [0, 0.1) is 6.92 Å². The second-order valence-electron chi connectivity index (χ2n) is 6.01. The van der Waals surface area contributed by atoms with Gasteiger partial charge in [-0.15, -0.1) is 0 Å². The van der Waals surface area contributed by atoms with Crippen LogP contribution in [0.1, 0.15) is 22.9 Å².